The van der Waals surface area contributed by atoms with E-state index in [9.17, 15) is 14.7 Å². The summed E-state index contributed by atoms with van der Waals surface area (Å²) in [5, 5.41) is 10.9. The third-order valence-electron chi connectivity index (χ3n) is 4.61. The van der Waals surface area contributed by atoms with Crippen LogP contribution in [0, 0.1) is 13.8 Å². The van der Waals surface area contributed by atoms with Gasteiger partial charge in [0, 0.05) is 19.1 Å². The number of carbonyl (C=O) groups excluding carboxylic acids is 2. The summed E-state index contributed by atoms with van der Waals surface area (Å²) in [6.45, 7) is 4.04. The molecule has 0 aliphatic heterocycles. The Balaban J connectivity index is 1.83. The Hall–Kier alpha value is -3.19. The van der Waals surface area contributed by atoms with Crippen LogP contribution in [0.15, 0.2) is 45.2 Å². The summed E-state index contributed by atoms with van der Waals surface area (Å²) < 4.78 is 11.0. The Morgan fingerprint density at radius 1 is 0.867 bits per heavy atom. The minimum absolute atomic E-state index is 0.0566. The maximum Gasteiger partial charge on any atom is 0.257 e. The van der Waals surface area contributed by atoms with Crippen molar-refractivity contribution in [3.63, 3.8) is 0 Å². The van der Waals surface area contributed by atoms with Gasteiger partial charge in [0.1, 0.15) is 28.8 Å². The normalized spacial score (nSPS) is 10.8. The molecule has 3 aromatic rings. The maximum absolute atomic E-state index is 12.9. The lowest BCUT2D eigenvalue weighted by Gasteiger charge is -2.20. The van der Waals surface area contributed by atoms with Crippen molar-refractivity contribution in [1.82, 2.24) is 9.80 Å². The Labute approximate surface area is 179 Å². The number of benzene rings is 1. The van der Waals surface area contributed by atoms with Crippen LogP contribution in [0.5, 0.6) is 5.75 Å². The summed E-state index contributed by atoms with van der Waals surface area (Å²) in [6, 6.07) is 9.84. The number of phenolic OH excluding ortho intramolecular Hbond substituents is 1. The topological polar surface area (TPSA) is 87.1 Å². The molecule has 2 aromatic heterocycles. The molecule has 0 atom stereocenters. The minimum Gasteiger partial charge on any atom is -0.506 e. The first kappa shape index (κ1) is 21.5. The van der Waals surface area contributed by atoms with Gasteiger partial charge in [0.05, 0.1) is 24.2 Å². The van der Waals surface area contributed by atoms with Gasteiger partial charge in [0.2, 0.25) is 0 Å². The van der Waals surface area contributed by atoms with Gasteiger partial charge in [0.25, 0.3) is 11.8 Å². The largest absolute Gasteiger partial charge is 0.506 e. The first-order valence-corrected chi connectivity index (χ1v) is 9.67. The number of hydrogen-bond acceptors (Lipinski definition) is 5. The van der Waals surface area contributed by atoms with E-state index in [2.05, 4.69) is 0 Å². The number of hydrogen-bond donors (Lipinski definition) is 1. The van der Waals surface area contributed by atoms with Gasteiger partial charge in [-0.05, 0) is 50.2 Å². The van der Waals surface area contributed by atoms with Crippen molar-refractivity contribution in [2.24, 2.45) is 0 Å². The van der Waals surface area contributed by atoms with E-state index in [1.807, 2.05) is 13.8 Å². The number of rotatable bonds is 6. The molecule has 3 rings (SSSR count). The molecule has 0 aliphatic rings. The minimum atomic E-state index is -0.484. The van der Waals surface area contributed by atoms with E-state index in [1.54, 1.807) is 38.4 Å². The molecule has 158 valence electrons. The number of amides is 2. The van der Waals surface area contributed by atoms with Gasteiger partial charge in [-0.3, -0.25) is 9.59 Å². The molecule has 0 aliphatic carbocycles. The van der Waals surface area contributed by atoms with Gasteiger partial charge in [-0.15, -0.1) is 0 Å². The van der Waals surface area contributed by atoms with Crippen LogP contribution in [0.4, 0.5) is 0 Å². The zero-order valence-electron chi connectivity index (χ0n) is 17.2. The molecule has 0 bridgehead atoms. The Morgan fingerprint density at radius 3 is 1.60 bits per heavy atom. The average Bonchev–Trinajstić information content (AvgIpc) is 3.29. The van der Waals surface area contributed by atoms with Crippen molar-refractivity contribution in [1.29, 1.82) is 0 Å². The lowest BCUT2D eigenvalue weighted by atomic mass is 10.1. The fourth-order valence-corrected chi connectivity index (χ4v) is 3.31. The van der Waals surface area contributed by atoms with E-state index in [1.165, 1.54) is 21.9 Å². The van der Waals surface area contributed by atoms with Gasteiger partial charge < -0.3 is 23.7 Å². The first-order valence-electron chi connectivity index (χ1n) is 9.29. The number of halogens is 1. The van der Waals surface area contributed by atoms with E-state index >= 15 is 0 Å². The molecule has 0 saturated heterocycles. The van der Waals surface area contributed by atoms with Crippen LogP contribution < -0.4 is 0 Å². The SMILES string of the molecule is Cc1ccc(CN(C)C(=O)c2cc(Cl)cc(C(=O)N(C)Cc3ccc(C)o3)c2O)o1. The molecular weight excluding hydrogens is 408 g/mol. The third kappa shape index (κ3) is 4.68. The number of phenols is 1. The number of carbonyl (C=O) groups is 2. The monoisotopic (exact) mass is 430 g/mol. The van der Waals surface area contributed by atoms with Gasteiger partial charge in [-0.2, -0.15) is 0 Å². The molecule has 30 heavy (non-hydrogen) atoms. The number of aryl methyl sites for hydroxylation is 2. The summed E-state index contributed by atoms with van der Waals surface area (Å²) >= 11 is 6.16. The summed E-state index contributed by atoms with van der Waals surface area (Å²) in [5.41, 5.74) is -0.113. The van der Waals surface area contributed by atoms with Crippen LogP contribution in [0.25, 0.3) is 0 Å². The smallest absolute Gasteiger partial charge is 0.257 e. The van der Waals surface area contributed by atoms with Crippen molar-refractivity contribution < 1.29 is 23.5 Å². The second-order valence-electron chi connectivity index (χ2n) is 7.20. The summed E-state index contributed by atoms with van der Waals surface area (Å²) in [5.74, 6) is 1.30. The Morgan fingerprint density at radius 2 is 1.27 bits per heavy atom. The van der Waals surface area contributed by atoms with E-state index in [0.717, 1.165) is 11.5 Å². The molecule has 0 fully saturated rings. The molecule has 2 heterocycles. The van der Waals surface area contributed by atoms with Crippen molar-refractivity contribution in [2.75, 3.05) is 14.1 Å². The van der Waals surface area contributed by atoms with E-state index in [0.29, 0.717) is 11.5 Å². The van der Waals surface area contributed by atoms with Crippen LogP contribution in [0.3, 0.4) is 0 Å². The molecule has 1 N–H and O–H groups in total. The number of furan rings is 2. The maximum atomic E-state index is 12.9. The van der Waals surface area contributed by atoms with E-state index in [4.69, 9.17) is 20.4 Å². The predicted octanol–water partition coefficient (Wildman–Crippen LogP) is 4.39. The van der Waals surface area contributed by atoms with E-state index in [-0.39, 0.29) is 29.2 Å². The molecule has 1 aromatic carbocycles. The zero-order valence-corrected chi connectivity index (χ0v) is 18.0. The van der Waals surface area contributed by atoms with Crippen LogP contribution in [-0.4, -0.2) is 40.8 Å². The highest BCUT2D eigenvalue weighted by Gasteiger charge is 2.25. The molecule has 0 radical (unpaired) electrons. The molecule has 8 heteroatoms. The lowest BCUT2D eigenvalue weighted by Crippen LogP contribution is -2.28. The average molecular weight is 431 g/mol. The zero-order chi connectivity index (χ0) is 22.0. The first-order chi connectivity index (χ1) is 14.2. The molecule has 0 saturated carbocycles. The fourth-order valence-electron chi connectivity index (χ4n) is 3.09. The van der Waals surface area contributed by atoms with Crippen molar-refractivity contribution in [3.8, 4) is 5.75 Å². The van der Waals surface area contributed by atoms with Crippen LogP contribution in [0.2, 0.25) is 5.02 Å². The molecule has 7 nitrogen and oxygen atoms in total. The van der Waals surface area contributed by atoms with Gasteiger partial charge >= 0.3 is 0 Å². The highest BCUT2D eigenvalue weighted by molar-refractivity contribution is 6.31. The van der Waals surface area contributed by atoms with Gasteiger partial charge in [0.15, 0.2) is 0 Å². The predicted molar refractivity (Wildman–Crippen MR) is 112 cm³/mol. The molecule has 0 unspecified atom stereocenters. The van der Waals surface area contributed by atoms with E-state index < -0.39 is 17.6 Å². The molecule has 0 spiro atoms. The quantitative estimate of drug-likeness (QED) is 0.626. The fraction of sp³-hybridized carbons (Fsp3) is 0.273. The Bertz CT molecular complexity index is 1000. The van der Waals surface area contributed by atoms with Crippen LogP contribution in [0.1, 0.15) is 43.8 Å². The second kappa shape index (κ2) is 8.67. The standard InChI is InChI=1S/C22H23ClN2O5/c1-13-5-7-16(29-13)11-24(3)21(27)18-9-15(23)10-19(20(18)26)22(28)25(4)12-17-8-6-14(2)30-17/h5-10,26H,11-12H2,1-4H3. The number of aromatic hydroxyl groups is 1. The number of nitrogens with zero attached hydrogens (tertiary/aromatic N) is 2. The second-order valence-corrected chi connectivity index (χ2v) is 7.63. The summed E-state index contributed by atoms with van der Waals surface area (Å²) in [4.78, 5) is 28.6. The molecular formula is C22H23ClN2O5. The van der Waals surface area contributed by atoms with Crippen molar-refractivity contribution >= 4 is 23.4 Å². The van der Waals surface area contributed by atoms with Crippen LogP contribution >= 0.6 is 11.6 Å². The molecule has 2 amide bonds. The lowest BCUT2D eigenvalue weighted by molar-refractivity contribution is 0.0766. The van der Waals surface area contributed by atoms with Gasteiger partial charge in [-0.1, -0.05) is 11.6 Å². The summed E-state index contributed by atoms with van der Waals surface area (Å²) in [7, 11) is 3.15. The Kier molecular flexibility index (Phi) is 6.22. The van der Waals surface area contributed by atoms with Gasteiger partial charge in [-0.25, -0.2) is 0 Å². The summed E-state index contributed by atoms with van der Waals surface area (Å²) in [6.07, 6.45) is 0. The highest BCUT2D eigenvalue weighted by Crippen LogP contribution is 2.30. The third-order valence-corrected chi connectivity index (χ3v) is 4.83. The van der Waals surface area contributed by atoms with Crippen molar-refractivity contribution in [2.45, 2.75) is 26.9 Å². The highest BCUT2D eigenvalue weighted by atomic mass is 35.5. The van der Waals surface area contributed by atoms with Crippen molar-refractivity contribution in [3.05, 3.63) is 75.6 Å². The van der Waals surface area contributed by atoms with Crippen LogP contribution in [-0.2, 0) is 13.1 Å².